The molecule has 1 aromatic rings. The van der Waals surface area contributed by atoms with E-state index in [4.69, 9.17) is 0 Å². The zero-order valence-electron chi connectivity index (χ0n) is 14.0. The highest BCUT2D eigenvalue weighted by molar-refractivity contribution is 6.06. The summed E-state index contributed by atoms with van der Waals surface area (Å²) < 4.78 is 0. The molecular formula is C18H22N4O3. The molecule has 4 rings (SSSR count). The Morgan fingerprint density at radius 2 is 1.84 bits per heavy atom. The van der Waals surface area contributed by atoms with Gasteiger partial charge >= 0.3 is 0 Å². The number of fused-ring (bicyclic) bond motifs is 1. The molecule has 0 aliphatic carbocycles. The van der Waals surface area contributed by atoms with Gasteiger partial charge in [-0.3, -0.25) is 14.4 Å². The Morgan fingerprint density at radius 3 is 2.56 bits per heavy atom. The van der Waals surface area contributed by atoms with Crippen molar-refractivity contribution >= 4 is 29.1 Å². The Morgan fingerprint density at radius 1 is 1.12 bits per heavy atom. The molecule has 3 N–H and O–H groups in total. The van der Waals surface area contributed by atoms with Crippen molar-refractivity contribution in [3.63, 3.8) is 0 Å². The third-order valence-corrected chi connectivity index (χ3v) is 5.50. The number of hydrogen-bond donors (Lipinski definition) is 3. The maximum absolute atomic E-state index is 12.7. The average molecular weight is 342 g/mol. The smallest absolute Gasteiger partial charge is 0.250 e. The SMILES string of the molecule is O=C1NCCC[C@@H]1C(=O)N1CCC2(CC1)Nc1ccccc1NC2=O. The minimum absolute atomic E-state index is 0.0475. The molecule has 3 heterocycles. The number of carbonyl (C=O) groups is 3. The van der Waals surface area contributed by atoms with Crippen LogP contribution in [0.3, 0.4) is 0 Å². The standard InChI is InChI=1S/C18H22N4O3/c23-15-12(4-3-9-19-15)16(24)22-10-7-18(8-11-22)17(25)20-13-5-1-2-6-14(13)21-18/h1-2,5-6,12,21H,3-4,7-11H2,(H,19,23)(H,20,25)/t12-/m0/s1. The van der Waals surface area contributed by atoms with Gasteiger partial charge in [-0.2, -0.15) is 0 Å². The highest BCUT2D eigenvalue weighted by atomic mass is 16.2. The molecule has 7 heteroatoms. The number of rotatable bonds is 1. The highest BCUT2D eigenvalue weighted by Gasteiger charge is 2.46. The number of likely N-dealkylation sites (tertiary alicyclic amines) is 1. The van der Waals surface area contributed by atoms with E-state index in [1.54, 1.807) is 4.90 Å². The van der Waals surface area contributed by atoms with Crippen LogP contribution in [0.1, 0.15) is 25.7 Å². The second kappa shape index (κ2) is 6.06. The molecule has 2 saturated heterocycles. The number of hydrogen-bond acceptors (Lipinski definition) is 4. The highest BCUT2D eigenvalue weighted by Crippen LogP contribution is 2.36. The lowest BCUT2D eigenvalue weighted by atomic mass is 9.83. The van der Waals surface area contributed by atoms with Gasteiger partial charge in [0.05, 0.1) is 11.4 Å². The molecule has 7 nitrogen and oxygen atoms in total. The van der Waals surface area contributed by atoms with Crippen LogP contribution in [0.15, 0.2) is 24.3 Å². The van der Waals surface area contributed by atoms with E-state index in [1.165, 1.54) is 0 Å². The zero-order valence-corrected chi connectivity index (χ0v) is 14.0. The van der Waals surface area contributed by atoms with E-state index in [0.29, 0.717) is 38.9 Å². The molecule has 132 valence electrons. The van der Waals surface area contributed by atoms with Gasteiger partial charge in [-0.15, -0.1) is 0 Å². The van der Waals surface area contributed by atoms with Crippen molar-refractivity contribution in [2.75, 3.05) is 30.3 Å². The van der Waals surface area contributed by atoms with E-state index in [1.807, 2.05) is 24.3 Å². The predicted octanol–water partition coefficient (Wildman–Crippen LogP) is 0.938. The van der Waals surface area contributed by atoms with Crippen molar-refractivity contribution in [1.82, 2.24) is 10.2 Å². The van der Waals surface area contributed by atoms with Crippen LogP contribution in [-0.4, -0.2) is 47.8 Å². The zero-order chi connectivity index (χ0) is 17.4. The fourth-order valence-electron chi connectivity index (χ4n) is 3.95. The molecule has 0 aromatic heterocycles. The van der Waals surface area contributed by atoms with Gasteiger partial charge in [0, 0.05) is 19.6 Å². The van der Waals surface area contributed by atoms with E-state index in [2.05, 4.69) is 16.0 Å². The number of para-hydroxylation sites is 2. The molecular weight excluding hydrogens is 320 g/mol. The molecule has 0 bridgehead atoms. The van der Waals surface area contributed by atoms with E-state index in [0.717, 1.165) is 17.8 Å². The summed E-state index contributed by atoms with van der Waals surface area (Å²) in [6.07, 6.45) is 2.51. The summed E-state index contributed by atoms with van der Waals surface area (Å²) in [5, 5.41) is 9.11. The van der Waals surface area contributed by atoms with Crippen LogP contribution in [0.25, 0.3) is 0 Å². The van der Waals surface area contributed by atoms with Crippen molar-refractivity contribution in [3.05, 3.63) is 24.3 Å². The van der Waals surface area contributed by atoms with Gasteiger partial charge in [0.2, 0.25) is 17.7 Å². The molecule has 2 fully saturated rings. The molecule has 1 aromatic carbocycles. The van der Waals surface area contributed by atoms with Crippen LogP contribution in [0.2, 0.25) is 0 Å². The van der Waals surface area contributed by atoms with Gasteiger partial charge in [-0.05, 0) is 37.8 Å². The Balaban J connectivity index is 1.45. The molecule has 3 aliphatic heterocycles. The minimum atomic E-state index is -0.681. The molecule has 25 heavy (non-hydrogen) atoms. The number of amides is 3. The monoisotopic (exact) mass is 342 g/mol. The molecule has 0 unspecified atom stereocenters. The van der Waals surface area contributed by atoms with Gasteiger partial charge in [0.1, 0.15) is 11.5 Å². The van der Waals surface area contributed by atoms with Gasteiger partial charge in [-0.1, -0.05) is 12.1 Å². The Labute approximate surface area is 146 Å². The van der Waals surface area contributed by atoms with Crippen LogP contribution < -0.4 is 16.0 Å². The largest absolute Gasteiger partial charge is 0.369 e. The van der Waals surface area contributed by atoms with Crippen LogP contribution >= 0.6 is 0 Å². The average Bonchev–Trinajstić information content (AvgIpc) is 2.63. The summed E-state index contributed by atoms with van der Waals surface area (Å²) in [5.41, 5.74) is 1.02. The number of benzene rings is 1. The summed E-state index contributed by atoms with van der Waals surface area (Å²) in [4.78, 5) is 38.9. The molecule has 1 spiro atoms. The maximum Gasteiger partial charge on any atom is 0.250 e. The lowest BCUT2D eigenvalue weighted by molar-refractivity contribution is -0.145. The summed E-state index contributed by atoms with van der Waals surface area (Å²) in [6, 6.07) is 7.63. The normalized spacial score (nSPS) is 24.8. The lowest BCUT2D eigenvalue weighted by Gasteiger charge is -2.44. The molecule has 1 atom stereocenters. The van der Waals surface area contributed by atoms with E-state index in [-0.39, 0.29) is 17.7 Å². The molecule has 3 amide bonds. The minimum Gasteiger partial charge on any atom is -0.369 e. The van der Waals surface area contributed by atoms with Gasteiger partial charge < -0.3 is 20.9 Å². The first-order valence-electron chi connectivity index (χ1n) is 8.84. The Kier molecular flexibility index (Phi) is 3.86. The van der Waals surface area contributed by atoms with Crippen LogP contribution in [-0.2, 0) is 14.4 Å². The van der Waals surface area contributed by atoms with Crippen molar-refractivity contribution in [1.29, 1.82) is 0 Å². The van der Waals surface area contributed by atoms with Crippen molar-refractivity contribution in [2.24, 2.45) is 5.92 Å². The van der Waals surface area contributed by atoms with E-state index in [9.17, 15) is 14.4 Å². The van der Waals surface area contributed by atoms with Crippen LogP contribution in [0.5, 0.6) is 0 Å². The summed E-state index contributed by atoms with van der Waals surface area (Å²) in [7, 11) is 0. The quantitative estimate of drug-likeness (QED) is 0.663. The first kappa shape index (κ1) is 15.9. The van der Waals surface area contributed by atoms with Crippen molar-refractivity contribution in [3.8, 4) is 0 Å². The molecule has 3 aliphatic rings. The van der Waals surface area contributed by atoms with Crippen LogP contribution in [0.4, 0.5) is 11.4 Å². The number of carbonyl (C=O) groups excluding carboxylic acids is 3. The van der Waals surface area contributed by atoms with Crippen molar-refractivity contribution < 1.29 is 14.4 Å². The number of piperidine rings is 2. The molecule has 0 saturated carbocycles. The van der Waals surface area contributed by atoms with Gasteiger partial charge in [0.15, 0.2) is 0 Å². The Hall–Kier alpha value is -2.57. The first-order chi connectivity index (χ1) is 12.1. The van der Waals surface area contributed by atoms with Gasteiger partial charge in [-0.25, -0.2) is 0 Å². The van der Waals surface area contributed by atoms with Crippen molar-refractivity contribution in [2.45, 2.75) is 31.2 Å². The molecule has 0 radical (unpaired) electrons. The first-order valence-corrected chi connectivity index (χ1v) is 8.84. The fraction of sp³-hybridized carbons (Fsp3) is 0.500. The number of nitrogens with zero attached hydrogens (tertiary/aromatic N) is 1. The Bertz CT molecular complexity index is 725. The van der Waals surface area contributed by atoms with E-state index >= 15 is 0 Å². The maximum atomic E-state index is 12.7. The second-order valence-corrected chi connectivity index (χ2v) is 7.02. The summed E-state index contributed by atoms with van der Waals surface area (Å²) in [6.45, 7) is 1.60. The third-order valence-electron chi connectivity index (χ3n) is 5.50. The summed E-state index contributed by atoms with van der Waals surface area (Å²) >= 11 is 0. The predicted molar refractivity (Wildman–Crippen MR) is 93.0 cm³/mol. The number of nitrogens with one attached hydrogen (secondary N) is 3. The lowest BCUT2D eigenvalue weighted by Crippen LogP contribution is -2.60. The van der Waals surface area contributed by atoms with E-state index < -0.39 is 11.5 Å². The topological polar surface area (TPSA) is 90.5 Å². The number of anilines is 2. The fourth-order valence-corrected chi connectivity index (χ4v) is 3.95. The third kappa shape index (κ3) is 2.73. The van der Waals surface area contributed by atoms with Crippen LogP contribution in [0, 0.1) is 5.92 Å². The summed E-state index contributed by atoms with van der Waals surface area (Å²) in [5.74, 6) is -0.895. The van der Waals surface area contributed by atoms with Gasteiger partial charge in [0.25, 0.3) is 0 Å². The second-order valence-electron chi connectivity index (χ2n) is 7.02.